The van der Waals surface area contributed by atoms with Crippen LogP contribution in [0, 0.1) is 0 Å². The number of hydrogen-bond donors (Lipinski definition) is 2. The smallest absolute Gasteiger partial charge is 0.119 e. The third kappa shape index (κ3) is 7.14. The van der Waals surface area contributed by atoms with Gasteiger partial charge in [-0.15, -0.1) is 0 Å². The lowest BCUT2D eigenvalue weighted by Crippen LogP contribution is -2.35. The van der Waals surface area contributed by atoms with E-state index in [0.29, 0.717) is 6.54 Å². The van der Waals surface area contributed by atoms with E-state index in [-0.39, 0.29) is 6.61 Å². The number of aliphatic hydroxyl groups is 2. The molecule has 0 aliphatic heterocycles. The molecule has 0 heterocycles. The van der Waals surface area contributed by atoms with Crippen molar-refractivity contribution in [2.45, 2.75) is 51.6 Å². The standard InChI is InChI=1S/C18H31NO3/c1-3-4-5-6-7-8-13-19(14-17(21)15-20)16-9-11-18(22-2)12-10-16/h9-12,17,20-21H,3-8,13-15H2,1-2H3. The molecule has 1 aromatic carbocycles. The number of unbranched alkanes of at least 4 members (excludes halogenated alkanes) is 5. The van der Waals surface area contributed by atoms with Crippen LogP contribution in [-0.2, 0) is 0 Å². The quantitative estimate of drug-likeness (QED) is 0.582. The summed E-state index contributed by atoms with van der Waals surface area (Å²) in [5, 5.41) is 18.8. The molecule has 0 aliphatic rings. The third-order valence-corrected chi connectivity index (χ3v) is 3.86. The van der Waals surface area contributed by atoms with Gasteiger partial charge in [0.1, 0.15) is 5.75 Å². The Bertz CT molecular complexity index is 380. The van der Waals surface area contributed by atoms with Crippen molar-refractivity contribution in [2.24, 2.45) is 0 Å². The van der Waals surface area contributed by atoms with E-state index in [1.807, 2.05) is 24.3 Å². The van der Waals surface area contributed by atoms with E-state index in [9.17, 15) is 5.11 Å². The number of methoxy groups -OCH3 is 1. The number of nitrogens with zero attached hydrogens (tertiary/aromatic N) is 1. The van der Waals surface area contributed by atoms with E-state index < -0.39 is 6.10 Å². The largest absolute Gasteiger partial charge is 0.497 e. The third-order valence-electron chi connectivity index (χ3n) is 3.86. The van der Waals surface area contributed by atoms with Crippen LogP contribution in [0.15, 0.2) is 24.3 Å². The summed E-state index contributed by atoms with van der Waals surface area (Å²) in [6.45, 7) is 3.37. The minimum atomic E-state index is -0.706. The summed E-state index contributed by atoms with van der Waals surface area (Å²) in [7, 11) is 1.65. The molecule has 22 heavy (non-hydrogen) atoms. The molecule has 0 bridgehead atoms. The van der Waals surface area contributed by atoms with E-state index in [0.717, 1.165) is 24.4 Å². The molecule has 4 nitrogen and oxygen atoms in total. The Kier molecular flexibility index (Phi) is 9.67. The highest BCUT2D eigenvalue weighted by Gasteiger charge is 2.11. The number of aliphatic hydroxyl groups excluding tert-OH is 2. The highest BCUT2D eigenvalue weighted by molar-refractivity contribution is 5.49. The van der Waals surface area contributed by atoms with Gasteiger partial charge in [0.25, 0.3) is 0 Å². The van der Waals surface area contributed by atoms with Crippen LogP contribution >= 0.6 is 0 Å². The highest BCUT2D eigenvalue weighted by Crippen LogP contribution is 2.20. The lowest BCUT2D eigenvalue weighted by Gasteiger charge is -2.27. The molecular formula is C18H31NO3. The van der Waals surface area contributed by atoms with Crippen LogP contribution in [0.1, 0.15) is 45.4 Å². The lowest BCUT2D eigenvalue weighted by atomic mass is 10.1. The summed E-state index contributed by atoms with van der Waals surface area (Å²) in [6, 6.07) is 7.85. The van der Waals surface area contributed by atoms with Crippen molar-refractivity contribution in [1.82, 2.24) is 0 Å². The second-order valence-corrected chi connectivity index (χ2v) is 5.75. The molecular weight excluding hydrogens is 278 g/mol. The van der Waals surface area contributed by atoms with E-state index in [1.54, 1.807) is 7.11 Å². The highest BCUT2D eigenvalue weighted by atomic mass is 16.5. The van der Waals surface area contributed by atoms with Gasteiger partial charge in [-0.1, -0.05) is 39.0 Å². The Balaban J connectivity index is 2.51. The molecule has 4 heteroatoms. The fraction of sp³-hybridized carbons (Fsp3) is 0.667. The fourth-order valence-electron chi connectivity index (χ4n) is 2.51. The molecule has 0 fully saturated rings. The maximum atomic E-state index is 9.75. The summed E-state index contributed by atoms with van der Waals surface area (Å²) in [4.78, 5) is 2.14. The first-order chi connectivity index (χ1) is 10.7. The summed E-state index contributed by atoms with van der Waals surface area (Å²) >= 11 is 0. The number of anilines is 1. The summed E-state index contributed by atoms with van der Waals surface area (Å²) in [5.41, 5.74) is 1.06. The van der Waals surface area contributed by atoms with Gasteiger partial charge < -0.3 is 19.8 Å². The van der Waals surface area contributed by atoms with Gasteiger partial charge in [-0.3, -0.25) is 0 Å². The zero-order chi connectivity index (χ0) is 16.2. The predicted molar refractivity (Wildman–Crippen MR) is 91.7 cm³/mol. The number of benzene rings is 1. The maximum absolute atomic E-state index is 9.75. The average molecular weight is 309 g/mol. The van der Waals surface area contributed by atoms with E-state index >= 15 is 0 Å². The van der Waals surface area contributed by atoms with Crippen LogP contribution in [0.3, 0.4) is 0 Å². The van der Waals surface area contributed by atoms with Crippen LogP contribution in [-0.4, -0.2) is 43.1 Å². The molecule has 1 atom stereocenters. The summed E-state index contributed by atoms with van der Waals surface area (Å²) in [5.74, 6) is 0.825. The van der Waals surface area contributed by atoms with Crippen LogP contribution < -0.4 is 9.64 Å². The summed E-state index contributed by atoms with van der Waals surface area (Å²) < 4.78 is 5.18. The van der Waals surface area contributed by atoms with Crippen molar-refractivity contribution in [3.8, 4) is 5.75 Å². The van der Waals surface area contributed by atoms with Crippen molar-refractivity contribution < 1.29 is 14.9 Å². The molecule has 1 unspecified atom stereocenters. The van der Waals surface area contributed by atoms with Crippen LogP contribution in [0.4, 0.5) is 5.69 Å². The Morgan fingerprint density at radius 1 is 1.05 bits per heavy atom. The molecule has 0 aromatic heterocycles. The Hall–Kier alpha value is -1.26. The Morgan fingerprint density at radius 2 is 1.68 bits per heavy atom. The van der Waals surface area contributed by atoms with Crippen molar-refractivity contribution in [2.75, 3.05) is 31.7 Å². The van der Waals surface area contributed by atoms with Gasteiger partial charge in [0.2, 0.25) is 0 Å². The molecule has 1 aromatic rings. The second-order valence-electron chi connectivity index (χ2n) is 5.75. The monoisotopic (exact) mass is 309 g/mol. The normalized spacial score (nSPS) is 12.2. The van der Waals surface area contributed by atoms with Crippen molar-refractivity contribution in [1.29, 1.82) is 0 Å². The molecule has 126 valence electrons. The number of rotatable bonds is 12. The molecule has 0 amide bonds. The molecule has 0 aliphatic carbocycles. The maximum Gasteiger partial charge on any atom is 0.119 e. The zero-order valence-corrected chi connectivity index (χ0v) is 14.0. The minimum absolute atomic E-state index is 0.205. The molecule has 0 saturated carbocycles. The van der Waals surface area contributed by atoms with Gasteiger partial charge in [-0.05, 0) is 30.7 Å². The molecule has 0 saturated heterocycles. The van der Waals surface area contributed by atoms with E-state index in [4.69, 9.17) is 9.84 Å². The van der Waals surface area contributed by atoms with Crippen LogP contribution in [0.25, 0.3) is 0 Å². The van der Waals surface area contributed by atoms with Gasteiger partial charge in [0.05, 0.1) is 19.8 Å². The van der Waals surface area contributed by atoms with Gasteiger partial charge in [-0.2, -0.15) is 0 Å². The van der Waals surface area contributed by atoms with Gasteiger partial charge in [-0.25, -0.2) is 0 Å². The fourth-order valence-corrected chi connectivity index (χ4v) is 2.51. The van der Waals surface area contributed by atoms with Gasteiger partial charge in [0.15, 0.2) is 0 Å². The summed E-state index contributed by atoms with van der Waals surface area (Å²) in [6.07, 6.45) is 6.76. The second kappa shape index (κ2) is 11.3. The van der Waals surface area contributed by atoms with Gasteiger partial charge in [0, 0.05) is 18.8 Å². The number of ether oxygens (including phenoxy) is 1. The molecule has 0 radical (unpaired) electrons. The minimum Gasteiger partial charge on any atom is -0.497 e. The number of hydrogen-bond acceptors (Lipinski definition) is 4. The van der Waals surface area contributed by atoms with Crippen LogP contribution in [0.5, 0.6) is 5.75 Å². The van der Waals surface area contributed by atoms with E-state index in [2.05, 4.69) is 11.8 Å². The first-order valence-corrected chi connectivity index (χ1v) is 8.39. The molecule has 0 spiro atoms. The Morgan fingerprint density at radius 3 is 2.27 bits per heavy atom. The van der Waals surface area contributed by atoms with E-state index in [1.165, 1.54) is 32.1 Å². The first kappa shape index (κ1) is 18.8. The van der Waals surface area contributed by atoms with Gasteiger partial charge >= 0.3 is 0 Å². The Labute approximate surface area is 134 Å². The van der Waals surface area contributed by atoms with Crippen molar-refractivity contribution in [3.63, 3.8) is 0 Å². The zero-order valence-electron chi connectivity index (χ0n) is 14.0. The lowest BCUT2D eigenvalue weighted by molar-refractivity contribution is 0.0998. The van der Waals surface area contributed by atoms with Crippen molar-refractivity contribution in [3.05, 3.63) is 24.3 Å². The van der Waals surface area contributed by atoms with Crippen LogP contribution in [0.2, 0.25) is 0 Å². The molecule has 2 N–H and O–H groups in total. The SMILES string of the molecule is CCCCCCCCN(CC(O)CO)c1ccc(OC)cc1. The van der Waals surface area contributed by atoms with Crippen molar-refractivity contribution >= 4 is 5.69 Å². The topological polar surface area (TPSA) is 52.9 Å². The molecule has 1 rings (SSSR count). The average Bonchev–Trinajstić information content (AvgIpc) is 2.56. The predicted octanol–water partition coefficient (Wildman–Crippen LogP) is 3.22. The first-order valence-electron chi connectivity index (χ1n) is 8.39.